The predicted octanol–water partition coefficient (Wildman–Crippen LogP) is 2.50. The zero-order valence-electron chi connectivity index (χ0n) is 13.9. The Morgan fingerprint density at radius 3 is 2.29 bits per heavy atom. The molecule has 0 aliphatic carbocycles. The lowest BCUT2D eigenvalue weighted by molar-refractivity contribution is -0.135. The van der Waals surface area contributed by atoms with E-state index >= 15 is 0 Å². The fourth-order valence-corrected chi connectivity index (χ4v) is 4.25. The average molecular weight is 394 g/mol. The van der Waals surface area contributed by atoms with Gasteiger partial charge in [0.2, 0.25) is 5.91 Å². The molecule has 6 nitrogen and oxygen atoms in total. The van der Waals surface area contributed by atoms with Gasteiger partial charge in [-0.1, -0.05) is 15.9 Å². The molecule has 2 saturated heterocycles. The molecule has 3 rings (SSSR count). The van der Waals surface area contributed by atoms with Crippen LogP contribution >= 0.6 is 15.9 Å². The van der Waals surface area contributed by atoms with E-state index in [1.807, 2.05) is 26.0 Å². The van der Waals surface area contributed by atoms with Crippen LogP contribution in [0.15, 0.2) is 16.6 Å². The van der Waals surface area contributed by atoms with E-state index in [4.69, 9.17) is 0 Å². The van der Waals surface area contributed by atoms with Crippen molar-refractivity contribution in [3.8, 4) is 0 Å². The highest BCUT2D eigenvalue weighted by Crippen LogP contribution is 2.32. The van der Waals surface area contributed by atoms with E-state index < -0.39 is 18.1 Å². The molecule has 2 aliphatic heterocycles. The number of nitrogens with one attached hydrogen (secondary N) is 1. The van der Waals surface area contributed by atoms with Crippen LogP contribution in [0, 0.1) is 13.8 Å². The maximum Gasteiger partial charge on any atom is 0.325 e. The summed E-state index contributed by atoms with van der Waals surface area (Å²) in [7, 11) is 0. The van der Waals surface area contributed by atoms with Gasteiger partial charge in [0.05, 0.1) is 0 Å². The molecule has 7 heteroatoms. The number of amides is 4. The van der Waals surface area contributed by atoms with Crippen molar-refractivity contribution in [1.29, 1.82) is 0 Å². The summed E-state index contributed by atoms with van der Waals surface area (Å²) in [6.07, 6.45) is 1.26. The summed E-state index contributed by atoms with van der Waals surface area (Å²) in [5.74, 6) is -0.517. The topological polar surface area (TPSA) is 69.7 Å². The molecule has 0 aromatic heterocycles. The van der Waals surface area contributed by atoms with Crippen LogP contribution < -0.4 is 10.2 Å². The molecule has 0 saturated carbocycles. The molecular formula is C17H20BrN3O3. The van der Waals surface area contributed by atoms with E-state index in [1.165, 1.54) is 0 Å². The van der Waals surface area contributed by atoms with Gasteiger partial charge in [0, 0.05) is 16.7 Å². The number of hydrogen-bond donors (Lipinski definition) is 1. The van der Waals surface area contributed by atoms with E-state index in [9.17, 15) is 14.4 Å². The smallest absolute Gasteiger partial charge is 0.325 e. The number of halogens is 1. The first-order valence-corrected chi connectivity index (χ1v) is 8.82. The zero-order chi connectivity index (χ0) is 17.6. The Kier molecular flexibility index (Phi) is 4.38. The minimum absolute atomic E-state index is 0.188. The Labute approximate surface area is 149 Å². The number of aryl methyl sites for hydroxylation is 2. The second kappa shape index (κ2) is 6.20. The molecule has 128 valence electrons. The molecule has 2 atom stereocenters. The largest absolute Gasteiger partial charge is 0.326 e. The molecule has 2 heterocycles. The second-order valence-electron chi connectivity index (χ2n) is 6.42. The molecule has 1 aromatic carbocycles. The van der Waals surface area contributed by atoms with E-state index in [1.54, 1.807) is 11.8 Å². The molecule has 24 heavy (non-hydrogen) atoms. The van der Waals surface area contributed by atoms with Gasteiger partial charge >= 0.3 is 6.03 Å². The van der Waals surface area contributed by atoms with Crippen LogP contribution in [0.3, 0.4) is 0 Å². The summed E-state index contributed by atoms with van der Waals surface area (Å²) in [6.45, 7) is 6.14. The summed E-state index contributed by atoms with van der Waals surface area (Å²) in [5.41, 5.74) is 2.84. The number of anilines is 1. The van der Waals surface area contributed by atoms with Crippen molar-refractivity contribution in [2.75, 3.05) is 11.4 Å². The lowest BCUT2D eigenvalue weighted by atomic mass is 9.99. The normalized spacial score (nSPS) is 24.6. The van der Waals surface area contributed by atoms with Gasteiger partial charge in [0.15, 0.2) is 0 Å². The SMILES string of the molecule is Cc1cc(Br)cc(C)c1N1CCC[C@@H](N2C(=O)N[C@H](C)C2=O)C1=O. The Balaban J connectivity index is 1.94. The molecule has 2 fully saturated rings. The number of carbonyl (C=O) groups excluding carboxylic acids is 3. The third-order valence-electron chi connectivity index (χ3n) is 4.61. The first-order chi connectivity index (χ1) is 11.3. The van der Waals surface area contributed by atoms with E-state index in [0.29, 0.717) is 13.0 Å². The number of nitrogens with zero attached hydrogens (tertiary/aromatic N) is 2. The highest BCUT2D eigenvalue weighted by Gasteiger charge is 2.45. The second-order valence-corrected chi connectivity index (χ2v) is 7.33. The molecule has 0 bridgehead atoms. The van der Waals surface area contributed by atoms with Gasteiger partial charge in [-0.05, 0) is 56.9 Å². The van der Waals surface area contributed by atoms with Crippen molar-refractivity contribution >= 4 is 39.5 Å². The van der Waals surface area contributed by atoms with Crippen molar-refractivity contribution in [3.05, 3.63) is 27.7 Å². The first-order valence-electron chi connectivity index (χ1n) is 8.03. The molecule has 1 N–H and O–H groups in total. The maximum atomic E-state index is 13.0. The highest BCUT2D eigenvalue weighted by atomic mass is 79.9. The standard InChI is InChI=1S/C17H20BrN3O3/c1-9-7-12(18)8-10(2)14(9)20-6-4-5-13(16(20)23)21-15(22)11(3)19-17(21)24/h7-8,11,13H,4-6H2,1-3H3,(H,19,24)/t11-,13-/m1/s1. The van der Waals surface area contributed by atoms with Crippen molar-refractivity contribution in [2.24, 2.45) is 0 Å². The van der Waals surface area contributed by atoms with Gasteiger partial charge in [-0.3, -0.25) is 9.59 Å². The fourth-order valence-electron chi connectivity index (χ4n) is 3.57. The van der Waals surface area contributed by atoms with E-state index in [2.05, 4.69) is 21.2 Å². The lowest BCUT2D eigenvalue weighted by Crippen LogP contribution is -2.55. The van der Waals surface area contributed by atoms with Gasteiger partial charge in [-0.15, -0.1) is 0 Å². The molecule has 0 spiro atoms. The Hall–Kier alpha value is -1.89. The minimum atomic E-state index is -0.723. The van der Waals surface area contributed by atoms with Gasteiger partial charge < -0.3 is 10.2 Å². The van der Waals surface area contributed by atoms with Gasteiger partial charge in [0.1, 0.15) is 12.1 Å². The number of hydrogen-bond acceptors (Lipinski definition) is 3. The van der Waals surface area contributed by atoms with Crippen LogP contribution in [0.4, 0.5) is 10.5 Å². The van der Waals surface area contributed by atoms with E-state index in [-0.39, 0.29) is 11.8 Å². The van der Waals surface area contributed by atoms with Crippen LogP contribution in [-0.2, 0) is 9.59 Å². The summed E-state index contributed by atoms with van der Waals surface area (Å²) < 4.78 is 0.963. The van der Waals surface area contributed by atoms with Crippen molar-refractivity contribution in [3.63, 3.8) is 0 Å². The number of urea groups is 1. The fraction of sp³-hybridized carbons (Fsp3) is 0.471. The number of carbonyl (C=O) groups is 3. The number of rotatable bonds is 2. The van der Waals surface area contributed by atoms with E-state index in [0.717, 1.165) is 32.6 Å². The molecule has 0 radical (unpaired) electrons. The third-order valence-corrected chi connectivity index (χ3v) is 5.07. The van der Waals surface area contributed by atoms with Crippen molar-refractivity contribution < 1.29 is 14.4 Å². The van der Waals surface area contributed by atoms with Crippen LogP contribution in [-0.4, -0.2) is 41.4 Å². The minimum Gasteiger partial charge on any atom is -0.326 e. The number of benzene rings is 1. The Morgan fingerprint density at radius 2 is 1.75 bits per heavy atom. The van der Waals surface area contributed by atoms with Gasteiger partial charge in [-0.25, -0.2) is 9.69 Å². The van der Waals surface area contributed by atoms with Gasteiger partial charge in [0.25, 0.3) is 5.91 Å². The molecule has 4 amide bonds. The monoisotopic (exact) mass is 393 g/mol. The lowest BCUT2D eigenvalue weighted by Gasteiger charge is -2.36. The molecule has 2 aliphatic rings. The number of piperidine rings is 1. The quantitative estimate of drug-likeness (QED) is 0.784. The summed E-state index contributed by atoms with van der Waals surface area (Å²) in [4.78, 5) is 40.2. The zero-order valence-corrected chi connectivity index (χ0v) is 15.5. The van der Waals surface area contributed by atoms with Crippen LogP contribution in [0.2, 0.25) is 0 Å². The molecule has 1 aromatic rings. The van der Waals surface area contributed by atoms with Gasteiger partial charge in [-0.2, -0.15) is 0 Å². The third kappa shape index (κ3) is 2.70. The number of imide groups is 1. The summed E-state index contributed by atoms with van der Waals surface area (Å²) in [5, 5.41) is 2.58. The van der Waals surface area contributed by atoms with Crippen molar-refractivity contribution in [1.82, 2.24) is 10.2 Å². The maximum absolute atomic E-state index is 13.0. The van der Waals surface area contributed by atoms with Crippen LogP contribution in [0.1, 0.15) is 30.9 Å². The Bertz CT molecular complexity index is 711. The highest BCUT2D eigenvalue weighted by molar-refractivity contribution is 9.10. The average Bonchev–Trinajstić information content (AvgIpc) is 2.73. The summed E-state index contributed by atoms with van der Waals surface area (Å²) >= 11 is 3.47. The summed E-state index contributed by atoms with van der Waals surface area (Å²) in [6, 6.07) is 2.16. The predicted molar refractivity (Wildman–Crippen MR) is 93.8 cm³/mol. The first kappa shape index (κ1) is 17.0. The van der Waals surface area contributed by atoms with Crippen LogP contribution in [0.25, 0.3) is 0 Å². The van der Waals surface area contributed by atoms with Crippen molar-refractivity contribution in [2.45, 2.75) is 45.7 Å². The Morgan fingerprint density at radius 1 is 1.12 bits per heavy atom. The molecule has 0 unspecified atom stereocenters. The molecular weight excluding hydrogens is 374 g/mol. The van der Waals surface area contributed by atoms with Crippen LogP contribution in [0.5, 0.6) is 0 Å².